The SMILES string of the molecule is NC[CH]O. The van der Waals surface area contributed by atoms with Gasteiger partial charge in [-0.15, -0.1) is 0 Å². The van der Waals surface area contributed by atoms with Crippen molar-refractivity contribution in [3.8, 4) is 0 Å². The minimum atomic E-state index is 0.250. The number of aliphatic hydroxyl groups excluding tert-OH is 1. The van der Waals surface area contributed by atoms with Gasteiger partial charge in [-0.1, -0.05) is 0 Å². The standard InChI is InChI=1S/C2H6NO/c3-1-2-4/h2,4H,1,3H2. The third kappa shape index (κ3) is 1.92. The van der Waals surface area contributed by atoms with Crippen LogP contribution < -0.4 is 5.73 Å². The van der Waals surface area contributed by atoms with Crippen LogP contribution in [0.25, 0.3) is 0 Å². The van der Waals surface area contributed by atoms with Gasteiger partial charge < -0.3 is 10.8 Å². The molecule has 2 nitrogen and oxygen atoms in total. The van der Waals surface area contributed by atoms with Crippen molar-refractivity contribution in [3.63, 3.8) is 0 Å². The third-order valence-electron chi connectivity index (χ3n) is 0.105. The Balaban J connectivity index is 1.97. The Morgan fingerprint density at radius 3 is 2.25 bits per heavy atom. The second kappa shape index (κ2) is 2.92. The first-order valence-corrected chi connectivity index (χ1v) is 1.07. The fourth-order valence-corrected chi connectivity index (χ4v) is 0. The van der Waals surface area contributed by atoms with Crippen LogP contribution in [0.3, 0.4) is 0 Å². The normalized spacial score (nSPS) is 7.50. The highest BCUT2D eigenvalue weighted by molar-refractivity contribution is 4.39. The van der Waals surface area contributed by atoms with Gasteiger partial charge in [0.05, 0.1) is 6.61 Å². The molecular formula is C2H6NO. The summed E-state index contributed by atoms with van der Waals surface area (Å²) >= 11 is 0. The Kier molecular flexibility index (Phi) is 2.86. The topological polar surface area (TPSA) is 46.2 Å². The number of hydrogen-bond acceptors (Lipinski definition) is 2. The Labute approximate surface area is 25.2 Å². The molecule has 0 unspecified atom stereocenters. The average molecular weight is 60.1 g/mol. The highest BCUT2D eigenvalue weighted by Gasteiger charge is 1.58. The van der Waals surface area contributed by atoms with Crippen LogP contribution in [0.4, 0.5) is 0 Å². The first-order chi connectivity index (χ1) is 1.91. The van der Waals surface area contributed by atoms with E-state index in [4.69, 9.17) is 10.8 Å². The van der Waals surface area contributed by atoms with Gasteiger partial charge in [-0.05, 0) is 0 Å². The number of nitrogens with two attached hydrogens (primary N) is 1. The summed E-state index contributed by atoms with van der Waals surface area (Å²) in [6.07, 6.45) is 0. The summed E-state index contributed by atoms with van der Waals surface area (Å²) in [6, 6.07) is 0. The van der Waals surface area contributed by atoms with Crippen LogP contribution in [-0.2, 0) is 0 Å². The molecule has 0 aromatic carbocycles. The number of rotatable bonds is 1. The van der Waals surface area contributed by atoms with Crippen molar-refractivity contribution in [1.29, 1.82) is 0 Å². The van der Waals surface area contributed by atoms with Gasteiger partial charge >= 0.3 is 0 Å². The predicted molar refractivity (Wildman–Crippen MR) is 15.3 cm³/mol. The van der Waals surface area contributed by atoms with Crippen LogP contribution >= 0.6 is 0 Å². The Hall–Kier alpha value is -0.0800. The largest absolute Gasteiger partial charge is 0.389 e. The number of aliphatic hydroxyl groups is 1. The van der Waals surface area contributed by atoms with Gasteiger partial charge in [-0.3, -0.25) is 0 Å². The van der Waals surface area contributed by atoms with Crippen LogP contribution in [0, 0.1) is 6.61 Å². The molecule has 0 spiro atoms. The van der Waals surface area contributed by atoms with Gasteiger partial charge in [0.25, 0.3) is 0 Å². The molecule has 0 aromatic heterocycles. The van der Waals surface area contributed by atoms with E-state index < -0.39 is 0 Å². The summed E-state index contributed by atoms with van der Waals surface area (Å²) in [7, 11) is 0. The third-order valence-corrected chi connectivity index (χ3v) is 0.105. The average Bonchev–Trinajstić information content (AvgIpc) is 1.37. The minimum absolute atomic E-state index is 0.250. The van der Waals surface area contributed by atoms with Gasteiger partial charge in [0.2, 0.25) is 0 Å². The van der Waals surface area contributed by atoms with E-state index in [2.05, 4.69) is 0 Å². The molecule has 0 atom stereocenters. The zero-order valence-corrected chi connectivity index (χ0v) is 2.31. The van der Waals surface area contributed by atoms with Crippen LogP contribution in [0.2, 0.25) is 0 Å². The lowest BCUT2D eigenvalue weighted by Gasteiger charge is -1.69. The molecule has 2 heteroatoms. The Morgan fingerprint density at radius 2 is 2.25 bits per heavy atom. The van der Waals surface area contributed by atoms with Gasteiger partial charge in [0, 0.05) is 6.54 Å². The molecular weight excluding hydrogens is 54.0 g/mol. The molecule has 25 valence electrons. The predicted octanol–water partition coefficient (Wildman–Crippen LogP) is -0.521. The second-order valence-corrected chi connectivity index (χ2v) is 0.418. The zero-order valence-electron chi connectivity index (χ0n) is 2.31. The van der Waals surface area contributed by atoms with Crippen molar-refractivity contribution in [1.82, 2.24) is 0 Å². The molecule has 0 saturated heterocycles. The summed E-state index contributed by atoms with van der Waals surface area (Å²) in [4.78, 5) is 0. The fraction of sp³-hybridized carbons (Fsp3) is 0.500. The van der Waals surface area contributed by atoms with Crippen molar-refractivity contribution >= 4 is 0 Å². The monoisotopic (exact) mass is 60.0 g/mol. The summed E-state index contributed by atoms with van der Waals surface area (Å²) in [6.45, 7) is 1.15. The quantitative estimate of drug-likeness (QED) is 0.427. The van der Waals surface area contributed by atoms with E-state index in [1.54, 1.807) is 0 Å². The van der Waals surface area contributed by atoms with Crippen molar-refractivity contribution in [2.45, 2.75) is 0 Å². The van der Waals surface area contributed by atoms with Crippen molar-refractivity contribution < 1.29 is 5.11 Å². The van der Waals surface area contributed by atoms with Gasteiger partial charge in [0.1, 0.15) is 0 Å². The number of hydrogen-bond donors (Lipinski definition) is 2. The lowest BCUT2D eigenvalue weighted by Crippen LogP contribution is -1.96. The molecule has 0 bridgehead atoms. The first kappa shape index (κ1) is 3.92. The summed E-state index contributed by atoms with van der Waals surface area (Å²) < 4.78 is 0. The van der Waals surface area contributed by atoms with E-state index in [1.807, 2.05) is 0 Å². The highest BCUT2D eigenvalue weighted by Crippen LogP contribution is 1.45. The van der Waals surface area contributed by atoms with Crippen LogP contribution in [0.15, 0.2) is 0 Å². The first-order valence-electron chi connectivity index (χ1n) is 1.07. The molecule has 1 radical (unpaired) electrons. The lowest BCUT2D eigenvalue weighted by atomic mass is 10.8. The van der Waals surface area contributed by atoms with E-state index in [1.165, 1.54) is 0 Å². The van der Waals surface area contributed by atoms with E-state index in [0.717, 1.165) is 6.61 Å². The fourth-order valence-electron chi connectivity index (χ4n) is 0. The molecule has 4 heavy (non-hydrogen) atoms. The van der Waals surface area contributed by atoms with Gasteiger partial charge in [-0.25, -0.2) is 0 Å². The maximum absolute atomic E-state index is 7.62. The van der Waals surface area contributed by atoms with Crippen molar-refractivity contribution in [2.75, 3.05) is 6.54 Å². The molecule has 0 aliphatic carbocycles. The summed E-state index contributed by atoms with van der Waals surface area (Å²) in [5, 5.41) is 7.62. The molecule has 3 N–H and O–H groups in total. The van der Waals surface area contributed by atoms with E-state index in [-0.39, 0.29) is 6.54 Å². The van der Waals surface area contributed by atoms with Gasteiger partial charge in [-0.2, -0.15) is 0 Å². The molecule has 0 saturated carbocycles. The molecule has 0 fully saturated rings. The molecule has 0 aliphatic rings. The Bertz CT molecular complexity index is 8.00. The Morgan fingerprint density at radius 1 is 2.00 bits per heavy atom. The molecule has 0 aliphatic heterocycles. The van der Waals surface area contributed by atoms with Crippen LogP contribution in [0.5, 0.6) is 0 Å². The maximum Gasteiger partial charge on any atom is 0.0933 e. The van der Waals surface area contributed by atoms with Crippen LogP contribution in [-0.4, -0.2) is 11.7 Å². The van der Waals surface area contributed by atoms with E-state index in [9.17, 15) is 0 Å². The van der Waals surface area contributed by atoms with Crippen molar-refractivity contribution in [2.24, 2.45) is 5.73 Å². The molecule has 0 heterocycles. The molecule has 0 rings (SSSR count). The summed E-state index contributed by atoms with van der Waals surface area (Å²) in [5.74, 6) is 0. The van der Waals surface area contributed by atoms with Crippen LogP contribution in [0.1, 0.15) is 0 Å². The zero-order chi connectivity index (χ0) is 3.41. The van der Waals surface area contributed by atoms with Crippen molar-refractivity contribution in [3.05, 3.63) is 6.61 Å². The minimum Gasteiger partial charge on any atom is -0.389 e. The maximum atomic E-state index is 7.62. The van der Waals surface area contributed by atoms with Gasteiger partial charge in [0.15, 0.2) is 0 Å². The molecule has 0 amide bonds. The lowest BCUT2D eigenvalue weighted by molar-refractivity contribution is 0.390. The smallest absolute Gasteiger partial charge is 0.0933 e. The second-order valence-electron chi connectivity index (χ2n) is 0.418. The highest BCUT2D eigenvalue weighted by atomic mass is 16.3. The summed E-state index contributed by atoms with van der Waals surface area (Å²) in [5.41, 5.74) is 4.72. The van der Waals surface area contributed by atoms with E-state index >= 15 is 0 Å². The van der Waals surface area contributed by atoms with E-state index in [0.29, 0.717) is 0 Å². The molecule has 0 aromatic rings.